The van der Waals surface area contributed by atoms with Gasteiger partial charge in [0.25, 0.3) is 0 Å². The molecule has 0 spiro atoms. The molecule has 0 atom stereocenters. The Bertz CT molecular complexity index is 856. The molecule has 0 heterocycles. The molecule has 9 heteroatoms. The maximum Gasteiger partial charge on any atom is 0.329 e. The Morgan fingerprint density at radius 2 is 1.73 bits per heavy atom. The number of anilines is 1. The molecule has 26 heavy (non-hydrogen) atoms. The van der Waals surface area contributed by atoms with Crippen LogP contribution in [0, 0.1) is 0 Å². The van der Waals surface area contributed by atoms with Crippen LogP contribution in [0.4, 0.5) is 5.69 Å². The molecule has 0 aliphatic heterocycles. The number of halogens is 2. The quantitative estimate of drug-likeness (QED) is 0.462. The van der Waals surface area contributed by atoms with Gasteiger partial charge in [-0.15, -0.1) is 0 Å². The minimum Gasteiger partial charge on any atom is -0.493 e. The molecular formula is C17H15Cl2N3O4. The summed E-state index contributed by atoms with van der Waals surface area (Å²) in [5.41, 5.74) is 3.02. The van der Waals surface area contributed by atoms with Crippen LogP contribution in [-0.4, -0.2) is 32.2 Å². The predicted octanol–water partition coefficient (Wildman–Crippen LogP) is 3.10. The fourth-order valence-electron chi connectivity index (χ4n) is 1.92. The highest BCUT2D eigenvalue weighted by atomic mass is 35.5. The second-order valence-corrected chi connectivity index (χ2v) is 5.73. The van der Waals surface area contributed by atoms with Gasteiger partial charge < -0.3 is 14.8 Å². The van der Waals surface area contributed by atoms with Crippen molar-refractivity contribution in [1.29, 1.82) is 0 Å². The van der Waals surface area contributed by atoms with Crippen molar-refractivity contribution in [1.82, 2.24) is 5.43 Å². The van der Waals surface area contributed by atoms with Gasteiger partial charge in [-0.05, 0) is 24.3 Å². The summed E-state index contributed by atoms with van der Waals surface area (Å²) in [4.78, 5) is 23.7. The first-order chi connectivity index (χ1) is 12.4. The summed E-state index contributed by atoms with van der Waals surface area (Å²) >= 11 is 11.8. The van der Waals surface area contributed by atoms with E-state index >= 15 is 0 Å². The van der Waals surface area contributed by atoms with Crippen LogP contribution >= 0.6 is 23.2 Å². The summed E-state index contributed by atoms with van der Waals surface area (Å²) in [6.45, 7) is 0. The van der Waals surface area contributed by atoms with Gasteiger partial charge in [0.15, 0.2) is 11.5 Å². The highest BCUT2D eigenvalue weighted by Crippen LogP contribution is 2.29. The van der Waals surface area contributed by atoms with Gasteiger partial charge in [0, 0.05) is 22.3 Å². The molecule has 0 aromatic heterocycles. The molecule has 0 bridgehead atoms. The standard InChI is InChI=1S/C17H15Cl2N3O4/c1-25-14-6-5-12(8-15(14)26-2)21-16(23)17(24)22-20-9-10-3-4-11(18)7-13(10)19/h3-9H,1-2H3,(H,21,23)(H,22,24). The van der Waals surface area contributed by atoms with Crippen LogP contribution < -0.4 is 20.2 Å². The predicted molar refractivity (Wildman–Crippen MR) is 100 cm³/mol. The topological polar surface area (TPSA) is 89.0 Å². The van der Waals surface area contributed by atoms with E-state index in [4.69, 9.17) is 32.7 Å². The Balaban J connectivity index is 1.97. The number of amides is 2. The lowest BCUT2D eigenvalue weighted by molar-refractivity contribution is -0.136. The number of ether oxygens (including phenoxy) is 2. The van der Waals surface area contributed by atoms with Crippen LogP contribution in [0.2, 0.25) is 10.0 Å². The molecule has 2 rings (SSSR count). The molecular weight excluding hydrogens is 381 g/mol. The normalized spacial score (nSPS) is 10.5. The lowest BCUT2D eigenvalue weighted by Gasteiger charge is -2.10. The molecule has 2 N–H and O–H groups in total. The zero-order valence-electron chi connectivity index (χ0n) is 13.9. The zero-order valence-corrected chi connectivity index (χ0v) is 15.4. The van der Waals surface area contributed by atoms with Crippen molar-refractivity contribution < 1.29 is 19.1 Å². The number of benzene rings is 2. The van der Waals surface area contributed by atoms with Gasteiger partial charge in [-0.25, -0.2) is 5.43 Å². The van der Waals surface area contributed by atoms with Gasteiger partial charge in [-0.1, -0.05) is 29.3 Å². The summed E-state index contributed by atoms with van der Waals surface area (Å²) in [7, 11) is 2.96. The fourth-order valence-corrected chi connectivity index (χ4v) is 2.38. The maximum atomic E-state index is 11.9. The summed E-state index contributed by atoms with van der Waals surface area (Å²) in [6, 6.07) is 9.50. The number of methoxy groups -OCH3 is 2. The number of hydrogen-bond donors (Lipinski definition) is 2. The first-order valence-electron chi connectivity index (χ1n) is 7.26. The molecule has 0 saturated heterocycles. The van der Waals surface area contributed by atoms with Gasteiger partial charge in [-0.2, -0.15) is 5.10 Å². The van der Waals surface area contributed by atoms with Gasteiger partial charge in [0.2, 0.25) is 0 Å². The molecule has 0 unspecified atom stereocenters. The van der Waals surface area contributed by atoms with Crippen molar-refractivity contribution in [3.63, 3.8) is 0 Å². The Hall–Kier alpha value is -2.77. The Morgan fingerprint density at radius 3 is 2.38 bits per heavy atom. The Labute approximate surface area is 159 Å². The van der Waals surface area contributed by atoms with E-state index in [9.17, 15) is 9.59 Å². The second-order valence-electron chi connectivity index (χ2n) is 4.89. The van der Waals surface area contributed by atoms with Gasteiger partial charge >= 0.3 is 11.8 Å². The van der Waals surface area contributed by atoms with E-state index in [1.807, 2.05) is 0 Å². The number of hydrogen-bond acceptors (Lipinski definition) is 5. The van der Waals surface area contributed by atoms with Crippen LogP contribution in [0.1, 0.15) is 5.56 Å². The molecule has 136 valence electrons. The minimum absolute atomic E-state index is 0.366. The van der Waals surface area contributed by atoms with E-state index in [1.54, 1.807) is 24.3 Å². The highest BCUT2D eigenvalue weighted by Gasteiger charge is 2.14. The van der Waals surface area contributed by atoms with E-state index in [1.165, 1.54) is 32.6 Å². The lowest BCUT2D eigenvalue weighted by atomic mass is 10.2. The lowest BCUT2D eigenvalue weighted by Crippen LogP contribution is -2.32. The van der Waals surface area contributed by atoms with Crippen molar-refractivity contribution in [2.24, 2.45) is 5.10 Å². The minimum atomic E-state index is -0.943. The molecule has 0 aliphatic carbocycles. The summed E-state index contributed by atoms with van der Waals surface area (Å²) in [5, 5.41) is 6.97. The highest BCUT2D eigenvalue weighted by molar-refractivity contribution is 6.39. The second kappa shape index (κ2) is 9.07. The SMILES string of the molecule is COc1ccc(NC(=O)C(=O)NN=Cc2ccc(Cl)cc2Cl)cc1OC. The van der Waals surface area contributed by atoms with Crippen LogP contribution in [0.15, 0.2) is 41.5 Å². The molecule has 2 amide bonds. The van der Waals surface area contributed by atoms with Gasteiger partial charge in [0.1, 0.15) is 0 Å². The van der Waals surface area contributed by atoms with E-state index in [2.05, 4.69) is 15.8 Å². The molecule has 7 nitrogen and oxygen atoms in total. The average molecular weight is 396 g/mol. The third-order valence-corrected chi connectivity index (χ3v) is 3.74. The number of hydrazone groups is 1. The van der Waals surface area contributed by atoms with E-state index < -0.39 is 11.8 Å². The van der Waals surface area contributed by atoms with E-state index in [0.717, 1.165) is 0 Å². The Kier molecular flexibility index (Phi) is 6.82. The largest absolute Gasteiger partial charge is 0.493 e. The molecule has 0 radical (unpaired) electrons. The third-order valence-electron chi connectivity index (χ3n) is 3.18. The molecule has 0 saturated carbocycles. The van der Waals surface area contributed by atoms with Crippen LogP contribution in [-0.2, 0) is 9.59 Å². The monoisotopic (exact) mass is 395 g/mol. The van der Waals surface area contributed by atoms with Crippen LogP contribution in [0.3, 0.4) is 0 Å². The Morgan fingerprint density at radius 1 is 1.00 bits per heavy atom. The molecule has 0 aliphatic rings. The first kappa shape index (κ1) is 19.6. The molecule has 2 aromatic rings. The van der Waals surface area contributed by atoms with Crippen LogP contribution in [0.25, 0.3) is 0 Å². The summed E-state index contributed by atoms with van der Waals surface area (Å²) in [6.07, 6.45) is 1.31. The zero-order chi connectivity index (χ0) is 19.1. The van der Waals surface area contributed by atoms with Gasteiger partial charge in [0.05, 0.1) is 25.5 Å². The van der Waals surface area contributed by atoms with Crippen molar-refractivity contribution in [2.45, 2.75) is 0 Å². The smallest absolute Gasteiger partial charge is 0.329 e. The third kappa shape index (κ3) is 5.11. The average Bonchev–Trinajstić information content (AvgIpc) is 2.63. The van der Waals surface area contributed by atoms with Gasteiger partial charge in [-0.3, -0.25) is 9.59 Å². The van der Waals surface area contributed by atoms with Crippen LogP contribution in [0.5, 0.6) is 11.5 Å². The summed E-state index contributed by atoms with van der Waals surface area (Å²) in [5.74, 6) is -0.918. The van der Waals surface area contributed by atoms with E-state index in [-0.39, 0.29) is 0 Å². The molecule has 0 fully saturated rings. The number of nitrogens with zero attached hydrogens (tertiary/aromatic N) is 1. The fraction of sp³-hybridized carbons (Fsp3) is 0.118. The number of nitrogens with one attached hydrogen (secondary N) is 2. The van der Waals surface area contributed by atoms with Crippen molar-refractivity contribution >= 4 is 46.9 Å². The number of carbonyl (C=O) groups is 2. The molecule has 2 aromatic carbocycles. The number of carbonyl (C=O) groups excluding carboxylic acids is 2. The van der Waals surface area contributed by atoms with Crippen molar-refractivity contribution in [2.75, 3.05) is 19.5 Å². The van der Waals surface area contributed by atoms with E-state index in [0.29, 0.717) is 32.8 Å². The first-order valence-corrected chi connectivity index (χ1v) is 8.01. The van der Waals surface area contributed by atoms with Crippen molar-refractivity contribution in [3.05, 3.63) is 52.0 Å². The summed E-state index contributed by atoms with van der Waals surface area (Å²) < 4.78 is 10.2. The number of rotatable bonds is 5. The maximum absolute atomic E-state index is 11.9. The van der Waals surface area contributed by atoms with Crippen molar-refractivity contribution in [3.8, 4) is 11.5 Å².